The number of thioether (sulfide) groups is 1. The molecule has 0 aromatic carbocycles. The third-order valence-electron chi connectivity index (χ3n) is 4.00. The van der Waals surface area contributed by atoms with E-state index in [1.807, 2.05) is 13.8 Å². The molecule has 0 fully saturated rings. The summed E-state index contributed by atoms with van der Waals surface area (Å²) >= 11 is 2.85. The molecule has 1 amide bonds. The lowest BCUT2D eigenvalue weighted by Gasteiger charge is -2.09. The van der Waals surface area contributed by atoms with Crippen molar-refractivity contribution in [3.63, 3.8) is 0 Å². The number of rotatable bonds is 4. The monoisotopic (exact) mass is 361 g/mol. The molecule has 2 N–H and O–H groups in total. The van der Waals surface area contributed by atoms with Crippen LogP contribution in [0.2, 0.25) is 0 Å². The van der Waals surface area contributed by atoms with Crippen LogP contribution in [0.1, 0.15) is 48.0 Å². The number of hydrogen-bond donors (Lipinski definition) is 2. The van der Waals surface area contributed by atoms with E-state index in [1.165, 1.54) is 23.1 Å². The molecular formula is C16H19N5OS2. The van der Waals surface area contributed by atoms with Crippen molar-refractivity contribution in [2.45, 2.75) is 56.4 Å². The highest BCUT2D eigenvalue weighted by atomic mass is 32.2. The number of carbonyl (C=O) groups excluding carboxylic acids is 1. The largest absolute Gasteiger partial charge is 0.316 e. The first-order chi connectivity index (χ1) is 11.6. The number of fused-ring (bicyclic) bond motifs is 1. The van der Waals surface area contributed by atoms with E-state index in [9.17, 15) is 10.1 Å². The van der Waals surface area contributed by atoms with Crippen LogP contribution in [0.25, 0.3) is 0 Å². The van der Waals surface area contributed by atoms with Crippen LogP contribution in [0.5, 0.6) is 0 Å². The standard InChI is InChI=1S/C16H19N5OS2/c1-9(23-16-18-10(2)20-21-16)14(22)19-15-12(8-17)11-6-4-3-5-7-13(11)24-15/h9H,3-7H2,1-2H3,(H,19,22)(H,18,20,21)/t9-/m0/s1. The molecule has 1 aliphatic carbocycles. The summed E-state index contributed by atoms with van der Waals surface area (Å²) in [6.07, 6.45) is 5.42. The van der Waals surface area contributed by atoms with Gasteiger partial charge in [0, 0.05) is 4.88 Å². The summed E-state index contributed by atoms with van der Waals surface area (Å²) in [5, 5.41) is 20.2. The van der Waals surface area contributed by atoms with Crippen LogP contribution >= 0.6 is 23.1 Å². The number of H-pyrrole nitrogens is 1. The first kappa shape index (κ1) is 17.0. The third kappa shape index (κ3) is 3.62. The number of nitrogens with one attached hydrogen (secondary N) is 2. The lowest BCUT2D eigenvalue weighted by molar-refractivity contribution is -0.115. The lowest BCUT2D eigenvalue weighted by Crippen LogP contribution is -2.22. The smallest absolute Gasteiger partial charge is 0.238 e. The van der Waals surface area contributed by atoms with Gasteiger partial charge in [0.1, 0.15) is 16.9 Å². The van der Waals surface area contributed by atoms with Crippen LogP contribution in [0.15, 0.2) is 5.16 Å². The average Bonchev–Trinajstić information content (AvgIpc) is 3.02. The minimum atomic E-state index is -0.339. The fraction of sp³-hybridized carbons (Fsp3) is 0.500. The molecule has 0 radical (unpaired) electrons. The molecule has 0 aliphatic heterocycles. The Morgan fingerprint density at radius 3 is 2.92 bits per heavy atom. The molecule has 126 valence electrons. The predicted octanol–water partition coefficient (Wildman–Crippen LogP) is 3.43. The fourth-order valence-corrected chi connectivity index (χ4v) is 4.76. The second kappa shape index (κ2) is 7.36. The molecule has 24 heavy (non-hydrogen) atoms. The van der Waals surface area contributed by atoms with Crippen LogP contribution < -0.4 is 5.32 Å². The molecule has 0 spiro atoms. The van der Waals surface area contributed by atoms with Crippen molar-refractivity contribution in [3.8, 4) is 6.07 Å². The van der Waals surface area contributed by atoms with E-state index >= 15 is 0 Å². The van der Waals surface area contributed by atoms with E-state index in [2.05, 4.69) is 26.6 Å². The predicted molar refractivity (Wildman–Crippen MR) is 95.4 cm³/mol. The van der Waals surface area contributed by atoms with E-state index in [-0.39, 0.29) is 11.2 Å². The minimum absolute atomic E-state index is 0.129. The molecule has 8 heteroatoms. The summed E-state index contributed by atoms with van der Waals surface area (Å²) in [5.74, 6) is 0.592. The van der Waals surface area contributed by atoms with E-state index in [0.29, 0.717) is 15.7 Å². The van der Waals surface area contributed by atoms with Crippen molar-refractivity contribution in [1.29, 1.82) is 5.26 Å². The SMILES string of the molecule is Cc1nc(S[C@@H](C)C(=O)Nc2sc3c(c2C#N)CCCCC3)n[nH]1. The molecular weight excluding hydrogens is 342 g/mol. The number of aryl methyl sites for hydroxylation is 2. The number of carbonyl (C=O) groups is 1. The van der Waals surface area contributed by atoms with Crippen LogP contribution in [0.4, 0.5) is 5.00 Å². The van der Waals surface area contributed by atoms with Gasteiger partial charge in [0.15, 0.2) is 0 Å². The first-order valence-corrected chi connectivity index (χ1v) is 9.69. The zero-order valence-corrected chi connectivity index (χ0v) is 15.3. The molecule has 0 unspecified atom stereocenters. The minimum Gasteiger partial charge on any atom is -0.316 e. The van der Waals surface area contributed by atoms with Crippen molar-refractivity contribution in [2.75, 3.05) is 5.32 Å². The summed E-state index contributed by atoms with van der Waals surface area (Å²) in [7, 11) is 0. The van der Waals surface area contributed by atoms with E-state index in [0.717, 1.165) is 37.1 Å². The fourth-order valence-electron chi connectivity index (χ4n) is 2.75. The average molecular weight is 361 g/mol. The first-order valence-electron chi connectivity index (χ1n) is 7.99. The van der Waals surface area contributed by atoms with Crippen molar-refractivity contribution < 1.29 is 4.79 Å². The zero-order chi connectivity index (χ0) is 17.1. The highest BCUT2D eigenvalue weighted by Gasteiger charge is 2.23. The molecule has 2 heterocycles. The lowest BCUT2D eigenvalue weighted by atomic mass is 10.1. The van der Waals surface area contributed by atoms with Gasteiger partial charge in [-0.15, -0.1) is 16.4 Å². The van der Waals surface area contributed by atoms with Crippen LogP contribution in [0.3, 0.4) is 0 Å². The number of nitrogens with zero attached hydrogens (tertiary/aromatic N) is 3. The van der Waals surface area contributed by atoms with Crippen molar-refractivity contribution in [1.82, 2.24) is 15.2 Å². The molecule has 1 aliphatic rings. The topological polar surface area (TPSA) is 94.5 Å². The van der Waals surface area contributed by atoms with Crippen molar-refractivity contribution >= 4 is 34.0 Å². The summed E-state index contributed by atoms with van der Waals surface area (Å²) in [6, 6.07) is 2.29. The van der Waals surface area contributed by atoms with Gasteiger partial charge in [-0.05, 0) is 45.1 Å². The van der Waals surface area contributed by atoms with Crippen LogP contribution in [0, 0.1) is 18.3 Å². The number of anilines is 1. The molecule has 0 bridgehead atoms. The number of aromatic amines is 1. The Morgan fingerprint density at radius 2 is 2.21 bits per heavy atom. The van der Waals surface area contributed by atoms with Gasteiger partial charge >= 0.3 is 0 Å². The molecule has 0 saturated heterocycles. The van der Waals surface area contributed by atoms with Gasteiger partial charge in [0.2, 0.25) is 11.1 Å². The number of thiophene rings is 1. The van der Waals surface area contributed by atoms with Crippen molar-refractivity contribution in [2.24, 2.45) is 0 Å². The van der Waals surface area contributed by atoms with E-state index in [1.54, 1.807) is 11.3 Å². The maximum atomic E-state index is 12.5. The molecule has 3 rings (SSSR count). The molecule has 6 nitrogen and oxygen atoms in total. The van der Waals surface area contributed by atoms with Crippen LogP contribution in [-0.4, -0.2) is 26.3 Å². The Balaban J connectivity index is 1.73. The molecule has 2 aromatic rings. The maximum absolute atomic E-state index is 12.5. The molecule has 1 atom stereocenters. The van der Waals surface area contributed by atoms with Gasteiger partial charge in [0.25, 0.3) is 0 Å². The third-order valence-corrected chi connectivity index (χ3v) is 6.17. The Kier molecular flexibility index (Phi) is 5.21. The number of amides is 1. The summed E-state index contributed by atoms with van der Waals surface area (Å²) in [6.45, 7) is 3.63. The van der Waals surface area contributed by atoms with Gasteiger partial charge in [-0.3, -0.25) is 9.89 Å². The van der Waals surface area contributed by atoms with Gasteiger partial charge in [-0.2, -0.15) is 5.26 Å². The highest BCUT2D eigenvalue weighted by Crippen LogP contribution is 2.37. The Labute approximate surface area is 149 Å². The highest BCUT2D eigenvalue weighted by molar-refractivity contribution is 8.00. The Bertz CT molecular complexity index is 789. The zero-order valence-electron chi connectivity index (χ0n) is 13.7. The quantitative estimate of drug-likeness (QED) is 0.642. The summed E-state index contributed by atoms with van der Waals surface area (Å²) in [5.41, 5.74) is 1.79. The Hall–Kier alpha value is -1.85. The summed E-state index contributed by atoms with van der Waals surface area (Å²) < 4.78 is 0. The van der Waals surface area contributed by atoms with Crippen molar-refractivity contribution in [3.05, 3.63) is 21.8 Å². The second-order valence-electron chi connectivity index (χ2n) is 5.83. The number of nitriles is 1. The number of aromatic nitrogens is 3. The van der Waals surface area contributed by atoms with Gasteiger partial charge in [-0.25, -0.2) is 4.98 Å². The second-order valence-corrected chi connectivity index (χ2v) is 8.25. The van der Waals surface area contributed by atoms with Gasteiger partial charge < -0.3 is 5.32 Å². The number of hydrogen-bond acceptors (Lipinski definition) is 6. The van der Waals surface area contributed by atoms with E-state index < -0.39 is 0 Å². The maximum Gasteiger partial charge on any atom is 0.238 e. The Morgan fingerprint density at radius 1 is 1.42 bits per heavy atom. The normalized spacial score (nSPS) is 15.2. The van der Waals surface area contributed by atoms with Gasteiger partial charge in [0.05, 0.1) is 10.8 Å². The van der Waals surface area contributed by atoms with Gasteiger partial charge in [-0.1, -0.05) is 18.2 Å². The van der Waals surface area contributed by atoms with E-state index in [4.69, 9.17) is 0 Å². The molecule has 2 aromatic heterocycles. The molecule has 0 saturated carbocycles. The summed E-state index contributed by atoms with van der Waals surface area (Å²) in [4.78, 5) is 17.9. The van der Waals surface area contributed by atoms with Crippen LogP contribution in [-0.2, 0) is 17.6 Å².